The zero-order chi connectivity index (χ0) is 19.2. The van der Waals surface area contributed by atoms with Crippen LogP contribution in [0.4, 0.5) is 4.39 Å². The van der Waals surface area contributed by atoms with Gasteiger partial charge in [0.1, 0.15) is 5.82 Å². The highest BCUT2D eigenvalue weighted by molar-refractivity contribution is 5.54. The molecule has 0 saturated carbocycles. The molecule has 1 fully saturated rings. The molecule has 2 aromatic carbocycles. The fourth-order valence-corrected chi connectivity index (χ4v) is 3.58. The molecule has 0 N–H and O–H groups in total. The zero-order valence-electron chi connectivity index (χ0n) is 15.8. The lowest BCUT2D eigenvalue weighted by atomic mass is 9.99. The summed E-state index contributed by atoms with van der Waals surface area (Å²) in [6.45, 7) is 3.92. The molecule has 6 heteroatoms. The molecule has 1 aliphatic heterocycles. The molecule has 4 rings (SSSR count). The normalized spacial score (nSPS) is 15.2. The maximum absolute atomic E-state index is 14.0. The molecule has 0 radical (unpaired) electrons. The number of hydrogen-bond donors (Lipinski definition) is 0. The number of benzene rings is 2. The Morgan fingerprint density at radius 2 is 1.71 bits per heavy atom. The molecule has 0 bridgehead atoms. The zero-order valence-corrected chi connectivity index (χ0v) is 15.8. The van der Waals surface area contributed by atoms with Gasteiger partial charge in [-0.3, -0.25) is 4.90 Å². The maximum Gasteiger partial charge on any atom is 0.241 e. The molecule has 0 atom stereocenters. The van der Waals surface area contributed by atoms with Crippen LogP contribution >= 0.6 is 0 Å². The summed E-state index contributed by atoms with van der Waals surface area (Å²) in [6.07, 6.45) is 2.13. The lowest BCUT2D eigenvalue weighted by Crippen LogP contribution is -2.32. The Morgan fingerprint density at radius 3 is 2.50 bits per heavy atom. The fourth-order valence-electron chi connectivity index (χ4n) is 3.58. The van der Waals surface area contributed by atoms with Crippen molar-refractivity contribution in [2.75, 3.05) is 19.8 Å². The second-order valence-corrected chi connectivity index (χ2v) is 7.20. The standard InChI is InChI=1S/C22H24FN3O2/c23-20-9-5-4-8-19(20)22-24-21(28-25-22)16-26(14-17-6-2-1-3-7-17)15-18-10-12-27-13-11-18/h1-9,18H,10-16H2. The summed E-state index contributed by atoms with van der Waals surface area (Å²) in [5.41, 5.74) is 1.60. The minimum atomic E-state index is -0.349. The average Bonchev–Trinajstić information content (AvgIpc) is 3.18. The van der Waals surface area contributed by atoms with Gasteiger partial charge in [0.25, 0.3) is 0 Å². The Kier molecular flexibility index (Phi) is 6.09. The van der Waals surface area contributed by atoms with Crippen molar-refractivity contribution in [3.63, 3.8) is 0 Å². The Balaban J connectivity index is 1.49. The molecule has 5 nitrogen and oxygen atoms in total. The van der Waals surface area contributed by atoms with Crippen LogP contribution in [0.15, 0.2) is 59.1 Å². The number of ether oxygens (including phenoxy) is 1. The number of rotatable bonds is 7. The van der Waals surface area contributed by atoms with Crippen LogP contribution < -0.4 is 0 Å². The van der Waals surface area contributed by atoms with Crippen molar-refractivity contribution in [2.24, 2.45) is 5.92 Å². The molecule has 146 valence electrons. The van der Waals surface area contributed by atoms with Crippen LogP contribution in [-0.2, 0) is 17.8 Å². The van der Waals surface area contributed by atoms with Gasteiger partial charge >= 0.3 is 0 Å². The second kappa shape index (κ2) is 9.08. The highest BCUT2D eigenvalue weighted by atomic mass is 19.1. The van der Waals surface area contributed by atoms with E-state index in [0.717, 1.165) is 39.1 Å². The van der Waals surface area contributed by atoms with Gasteiger partial charge in [0, 0.05) is 26.3 Å². The number of nitrogens with zero attached hydrogens (tertiary/aromatic N) is 3. The van der Waals surface area contributed by atoms with Gasteiger partial charge in [-0.2, -0.15) is 4.98 Å². The van der Waals surface area contributed by atoms with Crippen molar-refractivity contribution in [2.45, 2.75) is 25.9 Å². The molecule has 0 spiro atoms. The first-order valence-corrected chi connectivity index (χ1v) is 9.69. The van der Waals surface area contributed by atoms with E-state index in [9.17, 15) is 4.39 Å². The quantitative estimate of drug-likeness (QED) is 0.611. The highest BCUT2D eigenvalue weighted by Gasteiger charge is 2.20. The maximum atomic E-state index is 14.0. The number of hydrogen-bond acceptors (Lipinski definition) is 5. The number of halogens is 1. The summed E-state index contributed by atoms with van der Waals surface area (Å²) < 4.78 is 24.9. The van der Waals surface area contributed by atoms with Crippen molar-refractivity contribution < 1.29 is 13.7 Å². The summed E-state index contributed by atoms with van der Waals surface area (Å²) in [5, 5.41) is 3.98. The van der Waals surface area contributed by atoms with Gasteiger partial charge < -0.3 is 9.26 Å². The predicted molar refractivity (Wildman–Crippen MR) is 104 cm³/mol. The third-order valence-corrected chi connectivity index (χ3v) is 5.05. The van der Waals surface area contributed by atoms with Crippen LogP contribution in [0.1, 0.15) is 24.3 Å². The molecule has 1 saturated heterocycles. The van der Waals surface area contributed by atoms with E-state index < -0.39 is 0 Å². The van der Waals surface area contributed by atoms with Crippen molar-refractivity contribution in [3.8, 4) is 11.4 Å². The largest absolute Gasteiger partial charge is 0.381 e. The molecule has 1 aliphatic rings. The Bertz CT molecular complexity index is 878. The molecule has 3 aromatic rings. The van der Waals surface area contributed by atoms with E-state index in [0.29, 0.717) is 29.7 Å². The third kappa shape index (κ3) is 4.82. The first-order valence-electron chi connectivity index (χ1n) is 9.69. The van der Waals surface area contributed by atoms with E-state index >= 15 is 0 Å². The molecular formula is C22H24FN3O2. The first-order chi connectivity index (χ1) is 13.8. The van der Waals surface area contributed by atoms with Crippen molar-refractivity contribution in [1.82, 2.24) is 15.0 Å². The monoisotopic (exact) mass is 381 g/mol. The Labute approximate surface area is 164 Å². The van der Waals surface area contributed by atoms with Gasteiger partial charge in [-0.1, -0.05) is 47.6 Å². The van der Waals surface area contributed by atoms with Gasteiger partial charge in [0.15, 0.2) is 0 Å². The van der Waals surface area contributed by atoms with Gasteiger partial charge in [0.05, 0.1) is 12.1 Å². The summed E-state index contributed by atoms with van der Waals surface area (Å²) in [6, 6.07) is 16.8. The lowest BCUT2D eigenvalue weighted by molar-refractivity contribution is 0.0485. The van der Waals surface area contributed by atoms with Crippen LogP contribution in [0, 0.1) is 11.7 Å². The van der Waals surface area contributed by atoms with Gasteiger partial charge in [0.2, 0.25) is 11.7 Å². The van der Waals surface area contributed by atoms with Gasteiger partial charge in [-0.25, -0.2) is 4.39 Å². The fraction of sp³-hybridized carbons (Fsp3) is 0.364. The predicted octanol–water partition coefficient (Wildman–Crippen LogP) is 4.30. The molecule has 2 heterocycles. The SMILES string of the molecule is Fc1ccccc1-c1noc(CN(Cc2ccccc2)CC2CCOCC2)n1. The van der Waals surface area contributed by atoms with E-state index in [1.807, 2.05) is 18.2 Å². The topological polar surface area (TPSA) is 51.4 Å². The van der Waals surface area contributed by atoms with Crippen LogP contribution in [0.5, 0.6) is 0 Å². The van der Waals surface area contributed by atoms with E-state index in [4.69, 9.17) is 9.26 Å². The third-order valence-electron chi connectivity index (χ3n) is 5.05. The molecule has 0 amide bonds. The van der Waals surface area contributed by atoms with Gasteiger partial charge in [-0.05, 0) is 36.5 Å². The first kappa shape index (κ1) is 18.8. The second-order valence-electron chi connectivity index (χ2n) is 7.20. The minimum absolute atomic E-state index is 0.291. The molecule has 28 heavy (non-hydrogen) atoms. The summed E-state index contributed by atoms with van der Waals surface area (Å²) in [5.74, 6) is 1.03. The lowest BCUT2D eigenvalue weighted by Gasteiger charge is -2.29. The molecule has 0 unspecified atom stereocenters. The minimum Gasteiger partial charge on any atom is -0.381 e. The van der Waals surface area contributed by atoms with Crippen LogP contribution in [0.3, 0.4) is 0 Å². The Morgan fingerprint density at radius 1 is 0.964 bits per heavy atom. The summed E-state index contributed by atoms with van der Waals surface area (Å²) >= 11 is 0. The average molecular weight is 381 g/mol. The van der Waals surface area contributed by atoms with Crippen LogP contribution in [0.25, 0.3) is 11.4 Å². The number of aromatic nitrogens is 2. The molecule has 1 aromatic heterocycles. The smallest absolute Gasteiger partial charge is 0.241 e. The highest BCUT2D eigenvalue weighted by Crippen LogP contribution is 2.22. The van der Waals surface area contributed by atoms with E-state index in [2.05, 4.69) is 27.2 Å². The molecular weight excluding hydrogens is 357 g/mol. The van der Waals surface area contributed by atoms with Crippen molar-refractivity contribution in [3.05, 3.63) is 71.9 Å². The molecule has 0 aliphatic carbocycles. The van der Waals surface area contributed by atoms with E-state index in [-0.39, 0.29) is 5.82 Å². The van der Waals surface area contributed by atoms with Crippen molar-refractivity contribution >= 4 is 0 Å². The van der Waals surface area contributed by atoms with Gasteiger partial charge in [-0.15, -0.1) is 0 Å². The van der Waals surface area contributed by atoms with Crippen molar-refractivity contribution in [1.29, 1.82) is 0 Å². The van der Waals surface area contributed by atoms with E-state index in [1.54, 1.807) is 18.2 Å². The van der Waals surface area contributed by atoms with E-state index in [1.165, 1.54) is 11.6 Å². The summed E-state index contributed by atoms with van der Waals surface area (Å²) in [7, 11) is 0. The Hall–Kier alpha value is -2.57. The van der Waals surface area contributed by atoms with Crippen LogP contribution in [0.2, 0.25) is 0 Å². The summed E-state index contributed by atoms with van der Waals surface area (Å²) in [4.78, 5) is 6.76. The van der Waals surface area contributed by atoms with Crippen LogP contribution in [-0.4, -0.2) is 34.8 Å².